The van der Waals surface area contributed by atoms with Gasteiger partial charge >= 0.3 is 0 Å². The van der Waals surface area contributed by atoms with Gasteiger partial charge in [-0.25, -0.2) is 17.6 Å². The summed E-state index contributed by atoms with van der Waals surface area (Å²) in [5, 5.41) is 0. The normalized spacial score (nSPS) is 10.5. The van der Waals surface area contributed by atoms with Crippen molar-refractivity contribution < 1.29 is 17.5 Å². The van der Waals surface area contributed by atoms with E-state index >= 15 is 0 Å². The molecule has 0 amide bonds. The largest absolute Gasteiger partial charge is 0.748 e. The summed E-state index contributed by atoms with van der Waals surface area (Å²) in [6.45, 7) is 1.31. The number of hydrogen-bond acceptors (Lipinski definition) is 3. The molecule has 0 spiro atoms. The van der Waals surface area contributed by atoms with E-state index in [-0.39, 0.29) is 5.75 Å². The van der Waals surface area contributed by atoms with Crippen molar-refractivity contribution in [2.75, 3.05) is 5.75 Å². The second kappa shape index (κ2) is 4.98. The van der Waals surface area contributed by atoms with E-state index in [1.807, 2.05) is 42.0 Å². The van der Waals surface area contributed by atoms with Gasteiger partial charge in [0.1, 0.15) is 12.4 Å². The van der Waals surface area contributed by atoms with Crippen LogP contribution in [-0.4, -0.2) is 23.3 Å². The average molecular weight is 206 g/mol. The summed E-state index contributed by atoms with van der Waals surface area (Å²) < 4.78 is 32.3. The summed E-state index contributed by atoms with van der Waals surface area (Å²) in [6, 6.07) is 0. The zero-order valence-electron chi connectivity index (χ0n) is 7.97. The van der Waals surface area contributed by atoms with Crippen molar-refractivity contribution in [2.45, 2.75) is 6.92 Å². The molecule has 0 radical (unpaired) electrons. The van der Waals surface area contributed by atoms with Crippen molar-refractivity contribution >= 4 is 10.1 Å². The summed E-state index contributed by atoms with van der Waals surface area (Å²) in [4.78, 5) is 0. The molecule has 1 aromatic rings. The van der Waals surface area contributed by atoms with E-state index in [1.54, 1.807) is 0 Å². The zero-order valence-corrected chi connectivity index (χ0v) is 8.78. The average Bonchev–Trinajstić information content (AvgIpc) is 2.34. The van der Waals surface area contributed by atoms with Crippen LogP contribution in [0.3, 0.4) is 0 Å². The van der Waals surface area contributed by atoms with E-state index in [0.717, 1.165) is 0 Å². The second-order valence-electron chi connectivity index (χ2n) is 2.59. The van der Waals surface area contributed by atoms with E-state index in [9.17, 15) is 13.0 Å². The summed E-state index contributed by atoms with van der Waals surface area (Å²) in [6.07, 6.45) is 6.00. The van der Waals surface area contributed by atoms with Gasteiger partial charge in [0.15, 0.2) is 0 Å². The Morgan fingerprint density at radius 1 is 1.54 bits per heavy atom. The molecule has 0 aliphatic carbocycles. The second-order valence-corrected chi connectivity index (χ2v) is 4.28. The van der Waals surface area contributed by atoms with E-state index in [0.29, 0.717) is 0 Å². The molecule has 0 saturated carbocycles. The molecule has 5 nitrogen and oxygen atoms in total. The maximum atomic E-state index is 9.44. The molecule has 1 heterocycles. The van der Waals surface area contributed by atoms with Gasteiger partial charge in [-0.3, -0.25) is 0 Å². The van der Waals surface area contributed by atoms with E-state index in [2.05, 4.69) is 0 Å². The third-order valence-corrected chi connectivity index (χ3v) is 1.96. The minimum absolute atomic E-state index is 0.312. The van der Waals surface area contributed by atoms with Crippen LogP contribution in [0.2, 0.25) is 0 Å². The van der Waals surface area contributed by atoms with Crippen LogP contribution in [0.4, 0.5) is 0 Å². The molecule has 1 aromatic heterocycles. The van der Waals surface area contributed by atoms with Gasteiger partial charge in [0, 0.05) is 5.75 Å². The van der Waals surface area contributed by atoms with E-state index < -0.39 is 10.1 Å². The highest BCUT2D eigenvalue weighted by molar-refractivity contribution is 7.85. The maximum absolute atomic E-state index is 9.44. The summed E-state index contributed by atoms with van der Waals surface area (Å²) >= 11 is 0. The molecule has 0 aliphatic rings. The lowest BCUT2D eigenvalue weighted by molar-refractivity contribution is -0.670. The lowest BCUT2D eigenvalue weighted by Crippen LogP contribution is -2.23. The van der Waals surface area contributed by atoms with Crippen LogP contribution in [0.1, 0.15) is 6.92 Å². The number of imidazole rings is 1. The van der Waals surface area contributed by atoms with Crippen molar-refractivity contribution in [2.24, 2.45) is 14.1 Å². The van der Waals surface area contributed by atoms with Gasteiger partial charge in [-0.2, -0.15) is 0 Å². The van der Waals surface area contributed by atoms with Gasteiger partial charge in [-0.15, -0.1) is 0 Å². The van der Waals surface area contributed by atoms with Crippen molar-refractivity contribution in [3.8, 4) is 0 Å². The molecule has 13 heavy (non-hydrogen) atoms. The molecule has 0 saturated heterocycles. The Hall–Kier alpha value is -0.880. The SMILES string of the molecule is CCS(=O)(=O)[O-].Cn1cc[n+](C)c1. The molecular weight excluding hydrogens is 192 g/mol. The van der Waals surface area contributed by atoms with Gasteiger partial charge < -0.3 is 4.55 Å². The predicted molar refractivity (Wildman–Crippen MR) is 46.8 cm³/mol. The Balaban J connectivity index is 0.000000226. The van der Waals surface area contributed by atoms with Gasteiger partial charge in [0.2, 0.25) is 6.33 Å². The fourth-order valence-corrected chi connectivity index (χ4v) is 0.575. The number of aromatic nitrogens is 2. The lowest BCUT2D eigenvalue weighted by Gasteiger charge is -1.97. The van der Waals surface area contributed by atoms with Crippen LogP contribution in [0.25, 0.3) is 0 Å². The molecule has 76 valence electrons. The summed E-state index contributed by atoms with van der Waals surface area (Å²) in [5.41, 5.74) is 0. The Morgan fingerprint density at radius 2 is 2.00 bits per heavy atom. The number of hydrogen-bond donors (Lipinski definition) is 0. The highest BCUT2D eigenvalue weighted by Gasteiger charge is 1.87. The van der Waals surface area contributed by atoms with Crippen molar-refractivity contribution in [1.82, 2.24) is 4.57 Å². The number of nitrogens with zero attached hydrogens (tertiary/aromatic N) is 2. The Morgan fingerprint density at radius 3 is 2.08 bits per heavy atom. The first-order valence-electron chi connectivity index (χ1n) is 3.76. The van der Waals surface area contributed by atoms with Gasteiger partial charge in [-0.1, -0.05) is 6.92 Å². The first-order chi connectivity index (χ1) is 5.85. The monoisotopic (exact) mass is 206 g/mol. The zero-order chi connectivity index (χ0) is 10.5. The minimum Gasteiger partial charge on any atom is -0.748 e. The molecular formula is C7H14N2O3S. The predicted octanol–water partition coefficient (Wildman–Crippen LogP) is -0.599. The molecule has 0 fully saturated rings. The van der Waals surface area contributed by atoms with E-state index in [1.165, 1.54) is 6.92 Å². The van der Waals surface area contributed by atoms with Gasteiger partial charge in [0.05, 0.1) is 24.2 Å². The molecule has 0 aliphatic heterocycles. The smallest absolute Gasteiger partial charge is 0.243 e. The number of aryl methyl sites for hydroxylation is 2. The topological polar surface area (TPSA) is 66.0 Å². The molecule has 0 N–H and O–H groups in total. The van der Waals surface area contributed by atoms with Crippen LogP contribution in [0.15, 0.2) is 18.7 Å². The van der Waals surface area contributed by atoms with Crippen LogP contribution in [0, 0.1) is 0 Å². The molecule has 0 unspecified atom stereocenters. The van der Waals surface area contributed by atoms with E-state index in [4.69, 9.17) is 0 Å². The minimum atomic E-state index is -3.91. The van der Waals surface area contributed by atoms with Crippen molar-refractivity contribution in [1.29, 1.82) is 0 Å². The fraction of sp³-hybridized carbons (Fsp3) is 0.571. The van der Waals surface area contributed by atoms with Crippen LogP contribution < -0.4 is 4.57 Å². The molecule has 0 atom stereocenters. The third kappa shape index (κ3) is 7.48. The highest BCUT2D eigenvalue weighted by atomic mass is 32.2. The van der Waals surface area contributed by atoms with Crippen molar-refractivity contribution in [3.05, 3.63) is 18.7 Å². The van der Waals surface area contributed by atoms with Crippen molar-refractivity contribution in [3.63, 3.8) is 0 Å². The Labute approximate surface area is 78.4 Å². The first-order valence-corrected chi connectivity index (χ1v) is 5.33. The number of rotatable bonds is 1. The quantitative estimate of drug-likeness (QED) is 0.455. The highest BCUT2D eigenvalue weighted by Crippen LogP contribution is 1.73. The van der Waals surface area contributed by atoms with Crippen LogP contribution >= 0.6 is 0 Å². The maximum Gasteiger partial charge on any atom is 0.243 e. The summed E-state index contributed by atoms with van der Waals surface area (Å²) in [5.74, 6) is -0.312. The molecule has 1 rings (SSSR count). The third-order valence-electron chi connectivity index (χ3n) is 1.25. The molecule has 0 bridgehead atoms. The fourth-order valence-electron chi connectivity index (χ4n) is 0.575. The lowest BCUT2D eigenvalue weighted by atomic mass is 10.9. The van der Waals surface area contributed by atoms with Gasteiger partial charge in [0.25, 0.3) is 0 Å². The Kier molecular flexibility index (Phi) is 4.64. The van der Waals surface area contributed by atoms with Crippen LogP contribution in [-0.2, 0) is 24.2 Å². The molecule has 6 heteroatoms. The Bertz CT molecular complexity index is 326. The van der Waals surface area contributed by atoms with Crippen LogP contribution in [0.5, 0.6) is 0 Å². The standard InChI is InChI=1S/C5H9N2.C2H6O3S/c1-6-3-4-7(2)5-6;1-2-6(3,4)5/h3-5H,1-2H3;2H2,1H3,(H,3,4,5)/q+1;/p-1. The first kappa shape index (κ1) is 12.1. The summed E-state index contributed by atoms with van der Waals surface area (Å²) in [7, 11) is 0.0880. The van der Waals surface area contributed by atoms with Gasteiger partial charge in [-0.05, 0) is 0 Å². The molecule has 0 aromatic carbocycles.